The van der Waals surface area contributed by atoms with Crippen molar-refractivity contribution in [3.05, 3.63) is 32.8 Å². The van der Waals surface area contributed by atoms with Crippen molar-refractivity contribution in [3.8, 4) is 0 Å². The molecule has 1 aromatic rings. The molecule has 12 heavy (non-hydrogen) atoms. The third kappa shape index (κ3) is 1.28. The van der Waals surface area contributed by atoms with Crippen molar-refractivity contribution in [2.75, 3.05) is 0 Å². The SMILES string of the molecule is NC1CCc2cc(Cl)c(Br)cc21. The molecule has 3 heteroatoms. The van der Waals surface area contributed by atoms with E-state index < -0.39 is 0 Å². The van der Waals surface area contributed by atoms with Crippen LogP contribution in [0, 0.1) is 0 Å². The minimum atomic E-state index is 0.202. The van der Waals surface area contributed by atoms with Crippen LogP contribution in [-0.4, -0.2) is 0 Å². The number of hydrogen-bond acceptors (Lipinski definition) is 1. The minimum Gasteiger partial charge on any atom is -0.324 e. The molecule has 0 spiro atoms. The topological polar surface area (TPSA) is 26.0 Å². The lowest BCUT2D eigenvalue weighted by atomic mass is 10.1. The first-order chi connectivity index (χ1) is 5.68. The summed E-state index contributed by atoms with van der Waals surface area (Å²) in [7, 11) is 0. The standard InChI is InChI=1S/C9H9BrClN/c10-7-4-6-5(3-8(7)11)1-2-9(6)12/h3-4,9H,1-2,12H2. The van der Waals surface area contributed by atoms with Crippen LogP contribution in [-0.2, 0) is 6.42 Å². The van der Waals surface area contributed by atoms with Crippen molar-refractivity contribution < 1.29 is 0 Å². The van der Waals surface area contributed by atoms with Crippen LogP contribution in [0.5, 0.6) is 0 Å². The van der Waals surface area contributed by atoms with Gasteiger partial charge in [0, 0.05) is 10.5 Å². The van der Waals surface area contributed by atoms with Crippen molar-refractivity contribution in [1.29, 1.82) is 0 Å². The minimum absolute atomic E-state index is 0.202. The fourth-order valence-corrected chi connectivity index (χ4v) is 2.18. The van der Waals surface area contributed by atoms with Gasteiger partial charge in [-0.1, -0.05) is 11.6 Å². The van der Waals surface area contributed by atoms with Gasteiger partial charge >= 0.3 is 0 Å². The average Bonchev–Trinajstić information content (AvgIpc) is 2.35. The van der Waals surface area contributed by atoms with Crippen LogP contribution in [0.15, 0.2) is 16.6 Å². The molecule has 0 aromatic heterocycles. The van der Waals surface area contributed by atoms with Crippen molar-refractivity contribution in [2.24, 2.45) is 5.73 Å². The van der Waals surface area contributed by atoms with Gasteiger partial charge < -0.3 is 5.73 Å². The molecule has 1 atom stereocenters. The van der Waals surface area contributed by atoms with Gasteiger partial charge in [-0.3, -0.25) is 0 Å². The molecule has 2 rings (SSSR count). The average molecular weight is 247 g/mol. The summed E-state index contributed by atoms with van der Waals surface area (Å²) in [6.45, 7) is 0. The van der Waals surface area contributed by atoms with Gasteiger partial charge in [0.2, 0.25) is 0 Å². The molecule has 0 saturated carbocycles. The fraction of sp³-hybridized carbons (Fsp3) is 0.333. The van der Waals surface area contributed by atoms with Gasteiger partial charge in [0.05, 0.1) is 5.02 Å². The van der Waals surface area contributed by atoms with Crippen LogP contribution in [0.1, 0.15) is 23.6 Å². The highest BCUT2D eigenvalue weighted by molar-refractivity contribution is 9.10. The first-order valence-electron chi connectivity index (χ1n) is 3.92. The summed E-state index contributed by atoms with van der Waals surface area (Å²) in [5.41, 5.74) is 8.44. The first-order valence-corrected chi connectivity index (χ1v) is 5.09. The lowest BCUT2D eigenvalue weighted by Crippen LogP contribution is -2.04. The molecule has 64 valence electrons. The normalized spacial score (nSPS) is 21.1. The van der Waals surface area contributed by atoms with E-state index in [0.717, 1.165) is 22.3 Å². The Kier molecular flexibility index (Phi) is 2.15. The molecule has 0 bridgehead atoms. The second-order valence-corrected chi connectivity index (χ2v) is 4.37. The van der Waals surface area contributed by atoms with Crippen LogP contribution in [0.3, 0.4) is 0 Å². The maximum Gasteiger partial charge on any atom is 0.0551 e. The highest BCUT2D eigenvalue weighted by atomic mass is 79.9. The molecular formula is C9H9BrClN. The molecule has 2 N–H and O–H groups in total. The molecule has 1 unspecified atom stereocenters. The van der Waals surface area contributed by atoms with E-state index >= 15 is 0 Å². The van der Waals surface area contributed by atoms with E-state index in [1.807, 2.05) is 12.1 Å². The van der Waals surface area contributed by atoms with E-state index in [1.165, 1.54) is 11.1 Å². The van der Waals surface area contributed by atoms with E-state index in [0.29, 0.717) is 0 Å². The largest absolute Gasteiger partial charge is 0.324 e. The second kappa shape index (κ2) is 3.02. The quantitative estimate of drug-likeness (QED) is 0.748. The van der Waals surface area contributed by atoms with Crippen molar-refractivity contribution in [1.82, 2.24) is 0 Å². The number of nitrogens with two attached hydrogens (primary N) is 1. The molecule has 0 amide bonds. The summed E-state index contributed by atoms with van der Waals surface area (Å²) in [6.07, 6.45) is 2.10. The first kappa shape index (κ1) is 8.54. The summed E-state index contributed by atoms with van der Waals surface area (Å²) in [5.74, 6) is 0. The second-order valence-electron chi connectivity index (χ2n) is 3.11. The van der Waals surface area contributed by atoms with Crippen LogP contribution >= 0.6 is 27.5 Å². The molecule has 0 radical (unpaired) electrons. The highest BCUT2D eigenvalue weighted by Gasteiger charge is 2.19. The Morgan fingerprint density at radius 3 is 3.00 bits per heavy atom. The molecule has 0 aliphatic heterocycles. The van der Waals surface area contributed by atoms with Gasteiger partial charge in [-0.2, -0.15) is 0 Å². The molecule has 1 aliphatic carbocycles. The lowest BCUT2D eigenvalue weighted by Gasteiger charge is -2.05. The number of benzene rings is 1. The monoisotopic (exact) mass is 245 g/mol. The molecule has 1 aromatic carbocycles. The molecule has 1 aliphatic rings. The zero-order valence-electron chi connectivity index (χ0n) is 6.48. The van der Waals surface area contributed by atoms with Gasteiger partial charge in [0.15, 0.2) is 0 Å². The van der Waals surface area contributed by atoms with E-state index in [9.17, 15) is 0 Å². The Hall–Kier alpha value is -0.0500. The van der Waals surface area contributed by atoms with E-state index in [4.69, 9.17) is 17.3 Å². The third-order valence-electron chi connectivity index (χ3n) is 2.31. The molecule has 0 heterocycles. The number of rotatable bonds is 0. The van der Waals surface area contributed by atoms with E-state index in [-0.39, 0.29) is 6.04 Å². The summed E-state index contributed by atoms with van der Waals surface area (Å²) in [4.78, 5) is 0. The van der Waals surface area contributed by atoms with Crippen molar-refractivity contribution in [3.63, 3.8) is 0 Å². The number of halogens is 2. The Bertz CT molecular complexity index is 325. The summed E-state index contributed by atoms with van der Waals surface area (Å²) >= 11 is 9.34. The van der Waals surface area contributed by atoms with Gasteiger partial charge in [0.1, 0.15) is 0 Å². The Labute approximate surface area is 85.0 Å². The molecular weight excluding hydrogens is 237 g/mol. The lowest BCUT2D eigenvalue weighted by molar-refractivity contribution is 0.713. The van der Waals surface area contributed by atoms with Gasteiger partial charge in [-0.25, -0.2) is 0 Å². The third-order valence-corrected chi connectivity index (χ3v) is 3.50. The predicted molar refractivity (Wildman–Crippen MR) is 54.4 cm³/mol. The fourth-order valence-electron chi connectivity index (χ4n) is 1.63. The number of hydrogen-bond donors (Lipinski definition) is 1. The zero-order chi connectivity index (χ0) is 8.72. The Morgan fingerprint density at radius 2 is 2.25 bits per heavy atom. The maximum atomic E-state index is 5.95. The predicted octanol–water partition coefficient (Wildman–Crippen LogP) is 3.05. The summed E-state index contributed by atoms with van der Waals surface area (Å²) < 4.78 is 0.945. The Morgan fingerprint density at radius 1 is 1.50 bits per heavy atom. The summed E-state index contributed by atoms with van der Waals surface area (Å²) in [5, 5.41) is 0.780. The van der Waals surface area contributed by atoms with Gasteiger partial charge in [0.25, 0.3) is 0 Å². The smallest absolute Gasteiger partial charge is 0.0551 e. The van der Waals surface area contributed by atoms with E-state index in [1.54, 1.807) is 0 Å². The van der Waals surface area contributed by atoms with Crippen LogP contribution < -0.4 is 5.73 Å². The van der Waals surface area contributed by atoms with Gasteiger partial charge in [-0.05, 0) is 52.0 Å². The number of aryl methyl sites for hydroxylation is 1. The Balaban J connectivity index is 2.56. The maximum absolute atomic E-state index is 5.95. The molecule has 1 nitrogen and oxygen atoms in total. The van der Waals surface area contributed by atoms with Crippen molar-refractivity contribution >= 4 is 27.5 Å². The number of fused-ring (bicyclic) bond motifs is 1. The highest BCUT2D eigenvalue weighted by Crippen LogP contribution is 2.35. The van der Waals surface area contributed by atoms with E-state index in [2.05, 4.69) is 15.9 Å². The molecule has 0 saturated heterocycles. The van der Waals surface area contributed by atoms with Gasteiger partial charge in [-0.15, -0.1) is 0 Å². The van der Waals surface area contributed by atoms with Crippen LogP contribution in [0.2, 0.25) is 5.02 Å². The van der Waals surface area contributed by atoms with Crippen molar-refractivity contribution in [2.45, 2.75) is 18.9 Å². The summed E-state index contributed by atoms with van der Waals surface area (Å²) in [6, 6.07) is 4.25. The molecule has 0 fully saturated rings. The zero-order valence-corrected chi connectivity index (χ0v) is 8.82. The van der Waals surface area contributed by atoms with Crippen LogP contribution in [0.4, 0.5) is 0 Å². The van der Waals surface area contributed by atoms with Crippen LogP contribution in [0.25, 0.3) is 0 Å².